The van der Waals surface area contributed by atoms with Crippen LogP contribution in [0.25, 0.3) is 0 Å². The largest absolute Gasteiger partial charge is 0.462 e. The first kappa shape index (κ1) is 67.3. The molecular formula is C65H110O6. The molecule has 0 unspecified atom stereocenters. The third kappa shape index (κ3) is 57.1. The molecule has 0 spiro atoms. The van der Waals surface area contributed by atoms with E-state index in [9.17, 15) is 14.4 Å². The Balaban J connectivity index is 4.44. The fourth-order valence-electron chi connectivity index (χ4n) is 8.09. The van der Waals surface area contributed by atoms with Crippen LogP contribution >= 0.6 is 0 Å². The van der Waals surface area contributed by atoms with Crippen molar-refractivity contribution in [3.63, 3.8) is 0 Å². The molecule has 0 fully saturated rings. The third-order valence-corrected chi connectivity index (χ3v) is 12.5. The molecule has 0 N–H and O–H groups in total. The van der Waals surface area contributed by atoms with Crippen molar-refractivity contribution in [2.24, 2.45) is 0 Å². The minimum Gasteiger partial charge on any atom is -0.462 e. The first-order valence-corrected chi connectivity index (χ1v) is 29.7. The Morgan fingerprint density at radius 3 is 0.958 bits per heavy atom. The molecule has 0 rings (SSSR count). The highest BCUT2D eigenvalue weighted by molar-refractivity contribution is 5.71. The summed E-state index contributed by atoms with van der Waals surface area (Å²) in [4.78, 5) is 38.2. The number of esters is 3. The van der Waals surface area contributed by atoms with E-state index in [2.05, 4.69) is 118 Å². The second-order valence-corrected chi connectivity index (χ2v) is 19.5. The minimum absolute atomic E-state index is 0.102. The van der Waals surface area contributed by atoms with Gasteiger partial charge in [-0.3, -0.25) is 14.4 Å². The normalized spacial score (nSPS) is 12.8. The highest BCUT2D eigenvalue weighted by atomic mass is 16.6. The lowest BCUT2D eigenvalue weighted by molar-refractivity contribution is -0.167. The van der Waals surface area contributed by atoms with Gasteiger partial charge in [0.1, 0.15) is 13.2 Å². The van der Waals surface area contributed by atoms with Crippen LogP contribution in [0, 0.1) is 0 Å². The maximum Gasteiger partial charge on any atom is 0.306 e. The molecule has 6 nitrogen and oxygen atoms in total. The molecule has 6 heteroatoms. The number of rotatable bonds is 53. The van der Waals surface area contributed by atoms with Gasteiger partial charge in [0.15, 0.2) is 6.10 Å². The molecule has 71 heavy (non-hydrogen) atoms. The third-order valence-electron chi connectivity index (χ3n) is 12.5. The standard InChI is InChI=1S/C65H110O6/c1-4-7-10-13-16-19-22-25-28-30-31-32-33-35-38-40-43-46-49-52-55-58-64(67)70-61-62(71-65(68)59-56-53-50-47-44-41-36-27-24-21-18-15-12-9-6-3)60-69-63(66)57-54-51-48-45-42-39-37-34-29-26-23-20-17-14-11-8-5-2/h9,12,17-18,20-21,25-29,36-37,39,45,48,62H,4-8,10-11,13-16,19,22-24,30-35,38,40-44,46-47,49-61H2,1-3H3/b12-9-,20-17-,21-18-,28-25-,29-26-,36-27-,39-37-,48-45-/t62-/m1/s1. The Hall–Kier alpha value is -3.67. The molecule has 0 aliphatic rings. The summed E-state index contributed by atoms with van der Waals surface area (Å²) in [6.07, 6.45) is 78.4. The van der Waals surface area contributed by atoms with Gasteiger partial charge >= 0.3 is 17.9 Å². The van der Waals surface area contributed by atoms with Crippen LogP contribution in [0.3, 0.4) is 0 Å². The van der Waals surface area contributed by atoms with E-state index in [1.165, 1.54) is 128 Å². The van der Waals surface area contributed by atoms with Crippen LogP contribution in [0.1, 0.15) is 278 Å². The topological polar surface area (TPSA) is 78.9 Å². The molecule has 0 bridgehead atoms. The number of carbonyl (C=O) groups excluding carboxylic acids is 3. The molecule has 0 heterocycles. The van der Waals surface area contributed by atoms with Crippen LogP contribution < -0.4 is 0 Å². The average Bonchev–Trinajstić information content (AvgIpc) is 3.37. The van der Waals surface area contributed by atoms with E-state index < -0.39 is 6.10 Å². The first-order chi connectivity index (χ1) is 35.0. The quantitative estimate of drug-likeness (QED) is 0.0261. The second-order valence-electron chi connectivity index (χ2n) is 19.5. The lowest BCUT2D eigenvalue weighted by atomic mass is 10.0. The van der Waals surface area contributed by atoms with Crippen molar-refractivity contribution in [1.29, 1.82) is 0 Å². The fraction of sp³-hybridized carbons (Fsp3) is 0.708. The van der Waals surface area contributed by atoms with Gasteiger partial charge in [-0.1, -0.05) is 240 Å². The summed E-state index contributed by atoms with van der Waals surface area (Å²) in [5.74, 6) is -0.974. The highest BCUT2D eigenvalue weighted by Crippen LogP contribution is 2.15. The fourth-order valence-corrected chi connectivity index (χ4v) is 8.09. The van der Waals surface area contributed by atoms with Gasteiger partial charge in [-0.15, -0.1) is 0 Å². The maximum atomic E-state index is 12.9. The summed E-state index contributed by atoms with van der Waals surface area (Å²) in [7, 11) is 0. The van der Waals surface area contributed by atoms with Crippen LogP contribution in [-0.4, -0.2) is 37.2 Å². The molecule has 0 radical (unpaired) electrons. The van der Waals surface area contributed by atoms with Crippen molar-refractivity contribution in [1.82, 2.24) is 0 Å². The van der Waals surface area contributed by atoms with Crippen LogP contribution in [0.15, 0.2) is 97.2 Å². The lowest BCUT2D eigenvalue weighted by Crippen LogP contribution is -2.30. The van der Waals surface area contributed by atoms with Crippen LogP contribution in [0.4, 0.5) is 0 Å². The molecule has 0 aliphatic heterocycles. The number of allylic oxidation sites excluding steroid dienone is 16. The Kier molecular flexibility index (Phi) is 55.9. The highest BCUT2D eigenvalue weighted by Gasteiger charge is 2.19. The van der Waals surface area contributed by atoms with Crippen molar-refractivity contribution in [2.45, 2.75) is 284 Å². The van der Waals surface area contributed by atoms with Gasteiger partial charge in [-0.2, -0.15) is 0 Å². The molecule has 1 atom stereocenters. The molecule has 0 aromatic heterocycles. The summed E-state index contributed by atoms with van der Waals surface area (Å²) < 4.78 is 16.8. The van der Waals surface area contributed by atoms with E-state index in [1.807, 2.05) is 0 Å². The molecule has 0 aromatic carbocycles. The van der Waals surface area contributed by atoms with Gasteiger partial charge in [0, 0.05) is 19.3 Å². The van der Waals surface area contributed by atoms with E-state index in [1.54, 1.807) is 0 Å². The Labute approximate surface area is 438 Å². The van der Waals surface area contributed by atoms with Gasteiger partial charge < -0.3 is 14.2 Å². The molecule has 0 saturated heterocycles. The second kappa shape index (κ2) is 58.9. The molecule has 0 aromatic rings. The summed E-state index contributed by atoms with van der Waals surface area (Å²) in [5, 5.41) is 0. The zero-order valence-corrected chi connectivity index (χ0v) is 46.5. The first-order valence-electron chi connectivity index (χ1n) is 29.7. The molecule has 0 aliphatic carbocycles. The Morgan fingerprint density at radius 1 is 0.296 bits per heavy atom. The van der Waals surface area contributed by atoms with Gasteiger partial charge in [0.05, 0.1) is 0 Å². The molecule has 0 amide bonds. The minimum atomic E-state index is -0.810. The predicted molar refractivity (Wildman–Crippen MR) is 307 cm³/mol. The SMILES string of the molecule is CC/C=C\C/C=C\C/C=C\CCCCCCCC(=O)O[C@H](COC(=O)CCC/C=C\C/C=C\C/C=C\C/C=C\CCCCC)COC(=O)CCCCCCCCCCCCC/C=C\CCCCCCCC. The molecule has 406 valence electrons. The lowest BCUT2D eigenvalue weighted by Gasteiger charge is -2.18. The summed E-state index contributed by atoms with van der Waals surface area (Å²) in [5.41, 5.74) is 0. The smallest absolute Gasteiger partial charge is 0.306 e. The van der Waals surface area contributed by atoms with Gasteiger partial charge in [0.2, 0.25) is 0 Å². The number of ether oxygens (including phenoxy) is 3. The van der Waals surface area contributed by atoms with Gasteiger partial charge in [-0.25, -0.2) is 0 Å². The number of hydrogen-bond acceptors (Lipinski definition) is 6. The van der Waals surface area contributed by atoms with E-state index in [0.29, 0.717) is 19.3 Å². The van der Waals surface area contributed by atoms with E-state index in [-0.39, 0.29) is 37.5 Å². The number of unbranched alkanes of at least 4 members (excludes halogenated alkanes) is 26. The average molecular weight is 988 g/mol. The van der Waals surface area contributed by atoms with Crippen molar-refractivity contribution >= 4 is 17.9 Å². The Bertz CT molecular complexity index is 1410. The zero-order valence-electron chi connectivity index (χ0n) is 46.5. The molecule has 0 saturated carbocycles. The van der Waals surface area contributed by atoms with Crippen molar-refractivity contribution < 1.29 is 28.6 Å². The number of hydrogen-bond donors (Lipinski definition) is 0. The monoisotopic (exact) mass is 987 g/mol. The van der Waals surface area contributed by atoms with E-state index in [0.717, 1.165) is 103 Å². The van der Waals surface area contributed by atoms with Gasteiger partial charge in [0.25, 0.3) is 0 Å². The summed E-state index contributed by atoms with van der Waals surface area (Å²) in [6, 6.07) is 0. The van der Waals surface area contributed by atoms with Crippen molar-refractivity contribution in [3.8, 4) is 0 Å². The van der Waals surface area contributed by atoms with E-state index >= 15 is 0 Å². The van der Waals surface area contributed by atoms with Crippen molar-refractivity contribution in [2.75, 3.05) is 13.2 Å². The van der Waals surface area contributed by atoms with Crippen LogP contribution in [0.5, 0.6) is 0 Å². The molecular weight excluding hydrogens is 877 g/mol. The van der Waals surface area contributed by atoms with Crippen molar-refractivity contribution in [3.05, 3.63) is 97.2 Å². The van der Waals surface area contributed by atoms with Crippen LogP contribution in [-0.2, 0) is 28.6 Å². The van der Waals surface area contributed by atoms with Crippen LogP contribution in [0.2, 0.25) is 0 Å². The predicted octanol–water partition coefficient (Wildman–Crippen LogP) is 20.1. The van der Waals surface area contributed by atoms with Gasteiger partial charge in [-0.05, 0) is 116 Å². The summed E-state index contributed by atoms with van der Waals surface area (Å²) >= 11 is 0. The van der Waals surface area contributed by atoms with E-state index in [4.69, 9.17) is 14.2 Å². The summed E-state index contributed by atoms with van der Waals surface area (Å²) in [6.45, 7) is 6.45. The number of carbonyl (C=O) groups is 3. The zero-order chi connectivity index (χ0) is 51.4. The maximum absolute atomic E-state index is 12.9. The Morgan fingerprint density at radius 2 is 0.563 bits per heavy atom.